The van der Waals surface area contributed by atoms with Gasteiger partial charge in [0.15, 0.2) is 23.0 Å². The molecule has 0 saturated carbocycles. The number of hydrogen-bond acceptors (Lipinski definition) is 10. The average Bonchev–Trinajstić information content (AvgIpc) is 3.80. The number of fused-ring (bicyclic) bond motifs is 10. The van der Waals surface area contributed by atoms with E-state index in [1.54, 1.807) is 36.9 Å². The number of aliphatic hydroxyl groups excluding tert-OH is 1. The van der Waals surface area contributed by atoms with Gasteiger partial charge in [0.25, 0.3) is 0 Å². The van der Waals surface area contributed by atoms with Crippen LogP contribution in [0.3, 0.4) is 0 Å². The lowest BCUT2D eigenvalue weighted by Crippen LogP contribution is -2.33. The first-order valence-corrected chi connectivity index (χ1v) is 19.5. The van der Waals surface area contributed by atoms with Crippen LogP contribution in [0.25, 0.3) is 16.0 Å². The number of para-hydroxylation sites is 1. The van der Waals surface area contributed by atoms with Crippen molar-refractivity contribution in [2.24, 2.45) is 11.8 Å². The Balaban J connectivity index is 1.19. The smallest absolute Gasteiger partial charge is 0.179 e. The normalized spacial score (nSPS) is 23.3. The highest BCUT2D eigenvalue weighted by Gasteiger charge is 2.35. The van der Waals surface area contributed by atoms with Crippen molar-refractivity contribution in [1.82, 2.24) is 0 Å². The minimum atomic E-state index is -0.708. The Morgan fingerprint density at radius 1 is 0.769 bits per heavy atom. The second kappa shape index (κ2) is 13.8. The van der Waals surface area contributed by atoms with Gasteiger partial charge in [-0.15, -0.1) is 22.7 Å². The summed E-state index contributed by atoms with van der Waals surface area (Å²) in [7, 11) is 3.44. The number of aromatic hydroxyl groups is 1. The maximum atomic E-state index is 12.1. The van der Waals surface area contributed by atoms with Gasteiger partial charge in [0.2, 0.25) is 0 Å². The van der Waals surface area contributed by atoms with Gasteiger partial charge >= 0.3 is 0 Å². The van der Waals surface area contributed by atoms with Crippen molar-refractivity contribution in [2.45, 2.75) is 37.9 Å². The van der Waals surface area contributed by atoms with E-state index in [-0.39, 0.29) is 23.7 Å². The van der Waals surface area contributed by atoms with Gasteiger partial charge in [-0.3, -0.25) is 0 Å². The van der Waals surface area contributed by atoms with Crippen molar-refractivity contribution in [3.63, 3.8) is 0 Å². The summed E-state index contributed by atoms with van der Waals surface area (Å²) in [4.78, 5) is 1.99. The van der Waals surface area contributed by atoms with E-state index in [0.29, 0.717) is 52.1 Å². The molecule has 0 spiro atoms. The fourth-order valence-electron chi connectivity index (χ4n) is 8.33. The van der Waals surface area contributed by atoms with Crippen molar-refractivity contribution in [3.8, 4) is 44.9 Å². The Bertz CT molecular complexity index is 2150. The van der Waals surface area contributed by atoms with Gasteiger partial charge in [0.1, 0.15) is 37.9 Å². The van der Waals surface area contributed by atoms with Crippen LogP contribution < -0.4 is 23.7 Å². The fourth-order valence-corrected chi connectivity index (χ4v) is 10.2. The molecule has 4 atom stereocenters. The number of thiophene rings is 2. The van der Waals surface area contributed by atoms with Gasteiger partial charge in [-0.2, -0.15) is 0 Å². The van der Waals surface area contributed by atoms with Gasteiger partial charge in [-0.1, -0.05) is 48.6 Å². The molecular weight excluding hydrogens is 697 g/mol. The Kier molecular flexibility index (Phi) is 8.87. The molecule has 2 N–H and O–H groups in total. The van der Waals surface area contributed by atoms with Crippen molar-refractivity contribution in [3.05, 3.63) is 110 Å². The minimum Gasteiger partial charge on any atom is -0.507 e. The van der Waals surface area contributed by atoms with Crippen molar-refractivity contribution in [2.75, 3.05) is 40.6 Å². The van der Waals surface area contributed by atoms with Gasteiger partial charge in [0, 0.05) is 36.1 Å². The molecule has 8 nitrogen and oxygen atoms in total. The van der Waals surface area contributed by atoms with Crippen LogP contribution in [0.1, 0.15) is 33.6 Å². The number of phenolic OH excluding ortho intramolecular Hbond substituents is 1. The first-order valence-electron chi connectivity index (χ1n) is 17.7. The van der Waals surface area contributed by atoms with Gasteiger partial charge in [-0.05, 0) is 75.9 Å². The highest BCUT2D eigenvalue weighted by molar-refractivity contribution is 7.14. The maximum absolute atomic E-state index is 12.1. The van der Waals surface area contributed by atoms with Crippen molar-refractivity contribution < 1.29 is 38.6 Å². The molecule has 4 aromatic rings. The standard InChI is InChI=1S/C42H40O8S2/c1-45-37-23-5-3-6-24(37)14-28-18-32(42-40-34(22-52-42)48-10-12-50-40)20-30(36(28)44)16-26-8-4-7-25(38(26)46-2)15-29-19-31(17-27(13-23)35(29)43)41-39-33(21-51-41)47-9-11-49-39/h3-8,17-23,27,35,37,43-44H,9-16H2,1-2H3/t23?,27-,35-,37?/m1/s1. The number of hydrogen-bond donors (Lipinski definition) is 2. The molecule has 5 aliphatic rings. The van der Waals surface area contributed by atoms with Crippen molar-refractivity contribution >= 4 is 28.2 Å². The van der Waals surface area contributed by atoms with E-state index in [1.807, 2.05) is 16.8 Å². The van der Waals surface area contributed by atoms with Crippen LogP contribution in [0.4, 0.5) is 0 Å². The highest BCUT2D eigenvalue weighted by atomic mass is 32.1. The monoisotopic (exact) mass is 736 g/mol. The fraction of sp³-hybridized carbons (Fsp3) is 0.333. The van der Waals surface area contributed by atoms with Crippen molar-refractivity contribution in [1.29, 1.82) is 0 Å². The molecule has 52 heavy (non-hydrogen) atoms. The molecule has 9 rings (SSSR count). The number of ether oxygens (including phenoxy) is 6. The molecule has 0 amide bonds. The van der Waals surface area contributed by atoms with Crippen LogP contribution in [-0.2, 0) is 24.0 Å². The maximum Gasteiger partial charge on any atom is 0.179 e. The van der Waals surface area contributed by atoms with E-state index >= 15 is 0 Å². The SMILES string of the molecule is COc1c2cccc1Cc1cc(-c3scc4c3OCCO4)cc(c1O)CC1=CC=CC(C[C@@H]3C=C(c4scc5c4OCCO5)C=C(C2)[C@@H]3O)C1OC. The topological polar surface area (TPSA) is 95.8 Å². The first-order chi connectivity index (χ1) is 25.5. The lowest BCUT2D eigenvalue weighted by molar-refractivity contribution is 0.0730. The summed E-state index contributed by atoms with van der Waals surface area (Å²) in [5.41, 5.74) is 7.49. The molecule has 2 aromatic heterocycles. The minimum absolute atomic E-state index is 0.0104. The molecule has 4 heterocycles. The number of phenols is 1. The van der Waals surface area contributed by atoms with Crippen LogP contribution in [0.15, 0.2) is 82.6 Å². The number of benzene rings is 2. The number of rotatable bonds is 4. The molecule has 10 heteroatoms. The third kappa shape index (κ3) is 5.91. The predicted octanol–water partition coefficient (Wildman–Crippen LogP) is 7.94. The Morgan fingerprint density at radius 3 is 2.15 bits per heavy atom. The summed E-state index contributed by atoms with van der Waals surface area (Å²) in [5, 5.41) is 28.1. The summed E-state index contributed by atoms with van der Waals surface area (Å²) in [6, 6.07) is 10.3. The Morgan fingerprint density at radius 2 is 1.42 bits per heavy atom. The summed E-state index contributed by atoms with van der Waals surface area (Å²) in [6.45, 7) is 2.06. The molecule has 8 bridgehead atoms. The van der Waals surface area contributed by atoms with Gasteiger partial charge < -0.3 is 38.6 Å². The third-order valence-electron chi connectivity index (χ3n) is 10.7. The van der Waals surface area contributed by atoms with Crippen LogP contribution in [0.2, 0.25) is 0 Å². The second-order valence-corrected chi connectivity index (χ2v) is 15.6. The van der Waals surface area contributed by atoms with Gasteiger partial charge in [0.05, 0.1) is 29.1 Å². The molecule has 0 saturated heterocycles. The lowest BCUT2D eigenvalue weighted by atomic mass is 9.75. The van der Waals surface area contributed by atoms with Gasteiger partial charge in [-0.25, -0.2) is 0 Å². The molecule has 3 aliphatic carbocycles. The summed E-state index contributed by atoms with van der Waals surface area (Å²) >= 11 is 3.19. The molecule has 2 aromatic carbocycles. The second-order valence-electron chi connectivity index (χ2n) is 13.8. The summed E-state index contributed by atoms with van der Waals surface area (Å²) < 4.78 is 36.4. The van der Waals surface area contributed by atoms with E-state index in [1.165, 1.54) is 0 Å². The molecule has 2 unspecified atom stereocenters. The quantitative estimate of drug-likeness (QED) is 0.218. The van der Waals surface area contributed by atoms with E-state index in [2.05, 4.69) is 54.6 Å². The lowest BCUT2D eigenvalue weighted by Gasteiger charge is -2.35. The Hall–Kier alpha value is -4.48. The number of allylic oxidation sites excluding steroid dienone is 4. The molecule has 0 radical (unpaired) electrons. The molecule has 268 valence electrons. The highest BCUT2D eigenvalue weighted by Crippen LogP contribution is 2.49. The molecular formula is C42H40O8S2. The van der Waals surface area contributed by atoms with Crippen LogP contribution in [0.5, 0.6) is 34.5 Å². The van der Waals surface area contributed by atoms with E-state index in [9.17, 15) is 10.2 Å². The average molecular weight is 737 g/mol. The predicted molar refractivity (Wildman–Crippen MR) is 203 cm³/mol. The van der Waals surface area contributed by atoms with E-state index in [0.717, 1.165) is 83.0 Å². The van der Waals surface area contributed by atoms with E-state index in [4.69, 9.17) is 28.4 Å². The zero-order valence-corrected chi connectivity index (χ0v) is 30.7. The summed E-state index contributed by atoms with van der Waals surface area (Å²) in [6.07, 6.45) is 11.8. The zero-order valence-electron chi connectivity index (χ0n) is 29.1. The molecule has 2 aliphatic heterocycles. The largest absolute Gasteiger partial charge is 0.507 e. The van der Waals surface area contributed by atoms with Crippen LogP contribution in [-0.4, -0.2) is 63.1 Å². The first kappa shape index (κ1) is 33.4. The van der Waals surface area contributed by atoms with Crippen LogP contribution in [0, 0.1) is 11.8 Å². The summed E-state index contributed by atoms with van der Waals surface area (Å²) in [5.74, 6) is 3.86. The van der Waals surface area contributed by atoms with E-state index < -0.39 is 6.10 Å². The Labute approximate surface area is 310 Å². The third-order valence-corrected chi connectivity index (χ3v) is 12.7. The molecule has 0 fully saturated rings. The number of aliphatic hydroxyl groups is 1. The zero-order chi connectivity index (χ0) is 35.3. The van der Waals surface area contributed by atoms with Crippen LogP contribution >= 0.6 is 22.7 Å². The number of methoxy groups -OCH3 is 2.